The molecule has 2 heteroatoms. The van der Waals surface area contributed by atoms with Crippen LogP contribution in [0.3, 0.4) is 0 Å². The smallest absolute Gasteiger partial charge is 0.0399 e. The Morgan fingerprint density at radius 2 is 1.93 bits per heavy atom. The fraction of sp³-hybridized carbons (Fsp3) is 0.500. The first-order chi connectivity index (χ1) is 6.66. The molecule has 0 heterocycles. The van der Waals surface area contributed by atoms with Gasteiger partial charge in [-0.3, -0.25) is 0 Å². The van der Waals surface area contributed by atoms with E-state index < -0.39 is 0 Å². The van der Waals surface area contributed by atoms with Gasteiger partial charge in [-0.05, 0) is 17.5 Å². The minimum absolute atomic E-state index is 0.562. The molecule has 0 radical (unpaired) electrons. The summed E-state index contributed by atoms with van der Waals surface area (Å²) in [5.74, 6) is 0.562. The molecule has 0 atom stereocenters. The number of anilines is 1. The van der Waals surface area contributed by atoms with Crippen molar-refractivity contribution in [3.63, 3.8) is 0 Å². The Balaban J connectivity index is 2.94. The quantitative estimate of drug-likeness (QED) is 0.792. The van der Waals surface area contributed by atoms with Gasteiger partial charge in [0.2, 0.25) is 0 Å². The zero-order valence-corrected chi connectivity index (χ0v) is 9.33. The molecule has 0 aliphatic carbocycles. The molecule has 0 aromatic heterocycles. The van der Waals surface area contributed by atoms with E-state index >= 15 is 0 Å². The largest absolute Gasteiger partial charge is 0.373 e. The van der Waals surface area contributed by atoms with E-state index in [-0.39, 0.29) is 0 Å². The lowest BCUT2D eigenvalue weighted by Gasteiger charge is -2.23. The Bertz CT molecular complexity index is 281. The monoisotopic (exact) mass is 192 g/mol. The third kappa shape index (κ3) is 2.48. The highest BCUT2D eigenvalue weighted by Crippen LogP contribution is 2.25. The predicted molar refractivity (Wildman–Crippen MR) is 62.9 cm³/mol. The average Bonchev–Trinajstić information content (AvgIpc) is 2.18. The minimum atomic E-state index is 0.562. The Kier molecular flexibility index (Phi) is 3.96. The molecule has 0 saturated carbocycles. The van der Waals surface area contributed by atoms with Gasteiger partial charge in [-0.1, -0.05) is 32.0 Å². The van der Waals surface area contributed by atoms with Gasteiger partial charge in [-0.2, -0.15) is 0 Å². The SMILES string of the molecule is CC(C)c1ccccc1N(C)CCN. The molecule has 1 aromatic carbocycles. The van der Waals surface area contributed by atoms with E-state index in [4.69, 9.17) is 5.73 Å². The number of nitrogens with two attached hydrogens (primary N) is 1. The summed E-state index contributed by atoms with van der Waals surface area (Å²) >= 11 is 0. The molecule has 0 aliphatic rings. The number of hydrogen-bond acceptors (Lipinski definition) is 2. The molecular formula is C12H20N2. The zero-order chi connectivity index (χ0) is 10.6. The summed E-state index contributed by atoms with van der Waals surface area (Å²) in [5, 5.41) is 0. The van der Waals surface area contributed by atoms with Gasteiger partial charge in [0, 0.05) is 25.8 Å². The molecule has 2 nitrogen and oxygen atoms in total. The summed E-state index contributed by atoms with van der Waals surface area (Å²) < 4.78 is 0. The van der Waals surface area contributed by atoms with Crippen molar-refractivity contribution in [1.29, 1.82) is 0 Å². The number of likely N-dealkylation sites (N-methyl/N-ethyl adjacent to an activating group) is 1. The van der Waals surface area contributed by atoms with Crippen molar-refractivity contribution < 1.29 is 0 Å². The molecule has 0 aliphatic heterocycles. The zero-order valence-electron chi connectivity index (χ0n) is 9.33. The maximum Gasteiger partial charge on any atom is 0.0399 e. The second kappa shape index (κ2) is 5.01. The lowest BCUT2D eigenvalue weighted by Crippen LogP contribution is -2.26. The Morgan fingerprint density at radius 3 is 2.50 bits per heavy atom. The number of nitrogens with zero attached hydrogens (tertiary/aromatic N) is 1. The van der Waals surface area contributed by atoms with Gasteiger partial charge >= 0.3 is 0 Å². The van der Waals surface area contributed by atoms with Crippen LogP contribution in [0.2, 0.25) is 0 Å². The van der Waals surface area contributed by atoms with E-state index in [0.717, 1.165) is 6.54 Å². The minimum Gasteiger partial charge on any atom is -0.373 e. The Labute approximate surface area is 86.7 Å². The molecule has 0 amide bonds. The van der Waals surface area contributed by atoms with Crippen molar-refractivity contribution in [2.45, 2.75) is 19.8 Å². The van der Waals surface area contributed by atoms with Crippen molar-refractivity contribution in [2.24, 2.45) is 5.73 Å². The van der Waals surface area contributed by atoms with E-state index in [2.05, 4.69) is 50.1 Å². The van der Waals surface area contributed by atoms with Crippen LogP contribution in [0.4, 0.5) is 5.69 Å². The maximum atomic E-state index is 5.55. The average molecular weight is 192 g/mol. The first-order valence-corrected chi connectivity index (χ1v) is 5.17. The molecule has 1 rings (SSSR count). The van der Waals surface area contributed by atoms with Crippen LogP contribution in [0, 0.1) is 0 Å². The molecule has 14 heavy (non-hydrogen) atoms. The topological polar surface area (TPSA) is 29.3 Å². The lowest BCUT2D eigenvalue weighted by atomic mass is 10.0. The molecule has 0 spiro atoms. The van der Waals surface area contributed by atoms with Crippen molar-refractivity contribution in [1.82, 2.24) is 0 Å². The van der Waals surface area contributed by atoms with Crippen molar-refractivity contribution in [2.75, 3.05) is 25.0 Å². The lowest BCUT2D eigenvalue weighted by molar-refractivity contribution is 0.830. The maximum absolute atomic E-state index is 5.55. The van der Waals surface area contributed by atoms with Gasteiger partial charge in [0.25, 0.3) is 0 Å². The van der Waals surface area contributed by atoms with Crippen LogP contribution in [0.25, 0.3) is 0 Å². The summed E-state index contributed by atoms with van der Waals surface area (Å²) in [6, 6.07) is 8.52. The molecule has 0 unspecified atom stereocenters. The van der Waals surface area contributed by atoms with Crippen molar-refractivity contribution in [3.8, 4) is 0 Å². The molecule has 0 saturated heterocycles. The van der Waals surface area contributed by atoms with Gasteiger partial charge in [0.15, 0.2) is 0 Å². The van der Waals surface area contributed by atoms with Gasteiger partial charge < -0.3 is 10.6 Å². The van der Waals surface area contributed by atoms with Gasteiger partial charge in [-0.15, -0.1) is 0 Å². The normalized spacial score (nSPS) is 10.6. The van der Waals surface area contributed by atoms with Gasteiger partial charge in [0.05, 0.1) is 0 Å². The summed E-state index contributed by atoms with van der Waals surface area (Å²) in [6.07, 6.45) is 0. The van der Waals surface area contributed by atoms with Gasteiger partial charge in [0.1, 0.15) is 0 Å². The highest BCUT2D eigenvalue weighted by molar-refractivity contribution is 5.54. The van der Waals surface area contributed by atoms with Gasteiger partial charge in [-0.25, -0.2) is 0 Å². The molecule has 0 fully saturated rings. The van der Waals surface area contributed by atoms with Crippen molar-refractivity contribution >= 4 is 5.69 Å². The summed E-state index contributed by atoms with van der Waals surface area (Å²) in [5.41, 5.74) is 8.24. The van der Waals surface area contributed by atoms with Crippen molar-refractivity contribution in [3.05, 3.63) is 29.8 Å². The second-order valence-electron chi connectivity index (χ2n) is 3.92. The molecule has 2 N–H and O–H groups in total. The number of para-hydroxylation sites is 1. The molecule has 0 bridgehead atoms. The molecular weight excluding hydrogens is 172 g/mol. The summed E-state index contributed by atoms with van der Waals surface area (Å²) in [4.78, 5) is 2.22. The Hall–Kier alpha value is -1.02. The van der Waals surface area contributed by atoms with Crippen LogP contribution in [-0.2, 0) is 0 Å². The van der Waals surface area contributed by atoms with Crippen LogP contribution in [0.5, 0.6) is 0 Å². The van der Waals surface area contributed by atoms with Crippen LogP contribution in [0.15, 0.2) is 24.3 Å². The van der Waals surface area contributed by atoms with E-state index in [1.165, 1.54) is 11.3 Å². The first-order valence-electron chi connectivity index (χ1n) is 5.17. The fourth-order valence-corrected chi connectivity index (χ4v) is 1.64. The fourth-order valence-electron chi connectivity index (χ4n) is 1.64. The summed E-state index contributed by atoms with van der Waals surface area (Å²) in [7, 11) is 2.09. The van der Waals surface area contributed by atoms with Crippen LogP contribution < -0.4 is 10.6 Å². The van der Waals surface area contributed by atoms with E-state index in [9.17, 15) is 0 Å². The van der Waals surface area contributed by atoms with Crippen LogP contribution in [-0.4, -0.2) is 20.1 Å². The molecule has 78 valence electrons. The van der Waals surface area contributed by atoms with Crippen LogP contribution in [0.1, 0.15) is 25.3 Å². The highest BCUT2D eigenvalue weighted by atomic mass is 15.1. The standard InChI is InChI=1S/C12H20N2/c1-10(2)11-6-4-5-7-12(11)14(3)9-8-13/h4-7,10H,8-9,13H2,1-3H3. The number of hydrogen-bond donors (Lipinski definition) is 1. The number of benzene rings is 1. The summed E-state index contributed by atoms with van der Waals surface area (Å²) in [6.45, 7) is 6.04. The Morgan fingerprint density at radius 1 is 1.29 bits per heavy atom. The van der Waals surface area contributed by atoms with E-state index in [1.807, 2.05) is 0 Å². The molecule has 1 aromatic rings. The highest BCUT2D eigenvalue weighted by Gasteiger charge is 2.08. The second-order valence-corrected chi connectivity index (χ2v) is 3.92. The first kappa shape index (κ1) is 11.1. The third-order valence-corrected chi connectivity index (χ3v) is 2.43. The third-order valence-electron chi connectivity index (χ3n) is 2.43. The van der Waals surface area contributed by atoms with Crippen LogP contribution >= 0.6 is 0 Å². The number of rotatable bonds is 4. The van der Waals surface area contributed by atoms with E-state index in [0.29, 0.717) is 12.5 Å². The predicted octanol–water partition coefficient (Wildman–Crippen LogP) is 2.20. The van der Waals surface area contributed by atoms with E-state index in [1.54, 1.807) is 0 Å².